The Kier molecular flexibility index (Phi) is 2.41. The molecule has 0 aliphatic rings. The SMILES string of the molecule is CC(C)c1ccc(-c2cc(N)on2)nc1. The van der Waals surface area contributed by atoms with Crippen molar-refractivity contribution in [1.29, 1.82) is 0 Å². The van der Waals surface area contributed by atoms with Crippen LogP contribution in [0.2, 0.25) is 0 Å². The molecule has 0 atom stereocenters. The lowest BCUT2D eigenvalue weighted by molar-refractivity contribution is 0.439. The van der Waals surface area contributed by atoms with Crippen molar-refractivity contribution in [3.63, 3.8) is 0 Å². The van der Waals surface area contributed by atoms with Crippen LogP contribution in [0.15, 0.2) is 28.9 Å². The molecular formula is C11H13N3O. The first-order valence-corrected chi connectivity index (χ1v) is 4.85. The van der Waals surface area contributed by atoms with Crippen molar-refractivity contribution in [2.75, 3.05) is 5.73 Å². The Labute approximate surface area is 88.1 Å². The number of pyridine rings is 1. The zero-order valence-electron chi connectivity index (χ0n) is 8.77. The lowest BCUT2D eigenvalue weighted by Gasteiger charge is -2.03. The topological polar surface area (TPSA) is 64.9 Å². The van der Waals surface area contributed by atoms with Crippen LogP contribution in [0.1, 0.15) is 25.3 Å². The molecule has 4 heteroatoms. The van der Waals surface area contributed by atoms with Crippen LogP contribution in [0.3, 0.4) is 0 Å². The van der Waals surface area contributed by atoms with Crippen molar-refractivity contribution >= 4 is 5.88 Å². The van der Waals surface area contributed by atoms with Crippen molar-refractivity contribution < 1.29 is 4.52 Å². The van der Waals surface area contributed by atoms with Gasteiger partial charge in [-0.25, -0.2) is 0 Å². The van der Waals surface area contributed by atoms with E-state index in [1.165, 1.54) is 5.56 Å². The predicted octanol–water partition coefficient (Wildman–Crippen LogP) is 2.44. The Morgan fingerprint density at radius 2 is 2.07 bits per heavy atom. The molecule has 2 rings (SSSR count). The summed E-state index contributed by atoms with van der Waals surface area (Å²) in [4.78, 5) is 4.31. The molecule has 78 valence electrons. The van der Waals surface area contributed by atoms with Gasteiger partial charge < -0.3 is 10.3 Å². The summed E-state index contributed by atoms with van der Waals surface area (Å²) in [5, 5.41) is 3.80. The van der Waals surface area contributed by atoms with Gasteiger partial charge in [0.05, 0.1) is 5.69 Å². The molecule has 2 aromatic rings. The summed E-state index contributed by atoms with van der Waals surface area (Å²) in [6.07, 6.45) is 1.85. The van der Waals surface area contributed by atoms with E-state index in [9.17, 15) is 0 Å². The first kappa shape index (κ1) is 9.71. The molecule has 0 aliphatic heterocycles. The third kappa shape index (κ3) is 1.98. The van der Waals surface area contributed by atoms with Gasteiger partial charge in [0.15, 0.2) is 0 Å². The van der Waals surface area contributed by atoms with Crippen molar-refractivity contribution in [2.24, 2.45) is 0 Å². The normalized spacial score (nSPS) is 10.9. The van der Waals surface area contributed by atoms with E-state index in [-0.39, 0.29) is 0 Å². The first-order chi connectivity index (χ1) is 7.16. The van der Waals surface area contributed by atoms with E-state index in [0.29, 0.717) is 17.5 Å². The summed E-state index contributed by atoms with van der Waals surface area (Å²) in [5.41, 5.74) is 8.09. The maximum Gasteiger partial charge on any atom is 0.222 e. The van der Waals surface area contributed by atoms with Crippen LogP contribution in [0.5, 0.6) is 0 Å². The Morgan fingerprint density at radius 1 is 1.27 bits per heavy atom. The van der Waals surface area contributed by atoms with E-state index < -0.39 is 0 Å². The average Bonchev–Trinajstić information content (AvgIpc) is 2.65. The van der Waals surface area contributed by atoms with E-state index in [2.05, 4.69) is 24.0 Å². The summed E-state index contributed by atoms with van der Waals surface area (Å²) in [6, 6.07) is 5.63. The van der Waals surface area contributed by atoms with Crippen LogP contribution in [0.4, 0.5) is 5.88 Å². The summed E-state index contributed by atoms with van der Waals surface area (Å²) < 4.78 is 4.78. The molecule has 0 spiro atoms. The van der Waals surface area contributed by atoms with Gasteiger partial charge in [0.1, 0.15) is 5.69 Å². The van der Waals surface area contributed by atoms with Gasteiger partial charge in [-0.2, -0.15) is 0 Å². The molecule has 2 N–H and O–H groups in total. The second-order valence-electron chi connectivity index (χ2n) is 3.75. The molecule has 15 heavy (non-hydrogen) atoms. The molecule has 0 aromatic carbocycles. The molecule has 0 saturated heterocycles. The van der Waals surface area contributed by atoms with Crippen LogP contribution in [-0.2, 0) is 0 Å². The van der Waals surface area contributed by atoms with E-state index in [4.69, 9.17) is 10.3 Å². The number of nitrogens with two attached hydrogens (primary N) is 1. The number of hydrogen-bond donors (Lipinski definition) is 1. The van der Waals surface area contributed by atoms with Gasteiger partial charge in [-0.1, -0.05) is 25.1 Å². The molecule has 0 saturated carbocycles. The molecule has 2 aromatic heterocycles. The highest BCUT2D eigenvalue weighted by Gasteiger charge is 2.06. The van der Waals surface area contributed by atoms with Gasteiger partial charge in [0, 0.05) is 12.3 Å². The van der Waals surface area contributed by atoms with Gasteiger partial charge in [-0.15, -0.1) is 0 Å². The quantitative estimate of drug-likeness (QED) is 0.814. The smallest absolute Gasteiger partial charge is 0.222 e. The number of anilines is 1. The van der Waals surface area contributed by atoms with Gasteiger partial charge >= 0.3 is 0 Å². The Balaban J connectivity index is 2.31. The maximum absolute atomic E-state index is 5.44. The van der Waals surface area contributed by atoms with Gasteiger partial charge in [0.25, 0.3) is 0 Å². The Hall–Kier alpha value is -1.84. The van der Waals surface area contributed by atoms with E-state index in [1.54, 1.807) is 6.07 Å². The summed E-state index contributed by atoms with van der Waals surface area (Å²) in [6.45, 7) is 4.26. The minimum atomic E-state index is 0.305. The average molecular weight is 203 g/mol. The summed E-state index contributed by atoms with van der Waals surface area (Å²) >= 11 is 0. The fraction of sp³-hybridized carbons (Fsp3) is 0.273. The molecule has 0 bridgehead atoms. The number of nitrogens with zero attached hydrogens (tertiary/aromatic N) is 2. The molecular weight excluding hydrogens is 190 g/mol. The minimum absolute atomic E-state index is 0.305. The summed E-state index contributed by atoms with van der Waals surface area (Å²) in [5.74, 6) is 0.786. The zero-order chi connectivity index (χ0) is 10.8. The van der Waals surface area contributed by atoms with E-state index >= 15 is 0 Å². The monoisotopic (exact) mass is 203 g/mol. The number of rotatable bonds is 2. The molecule has 4 nitrogen and oxygen atoms in total. The van der Waals surface area contributed by atoms with Crippen molar-refractivity contribution in [3.05, 3.63) is 30.0 Å². The molecule has 0 unspecified atom stereocenters. The Bertz CT molecular complexity index is 445. The van der Waals surface area contributed by atoms with Gasteiger partial charge in [-0.05, 0) is 17.5 Å². The highest BCUT2D eigenvalue weighted by Crippen LogP contribution is 2.20. The number of nitrogen functional groups attached to an aromatic ring is 1. The highest BCUT2D eigenvalue weighted by molar-refractivity contribution is 5.56. The molecule has 2 heterocycles. The van der Waals surface area contributed by atoms with Crippen molar-refractivity contribution in [1.82, 2.24) is 10.1 Å². The van der Waals surface area contributed by atoms with E-state index in [1.807, 2.05) is 18.3 Å². The lowest BCUT2D eigenvalue weighted by Crippen LogP contribution is -1.90. The third-order valence-electron chi connectivity index (χ3n) is 2.24. The molecule has 0 fully saturated rings. The fourth-order valence-corrected chi connectivity index (χ4v) is 1.31. The van der Waals surface area contributed by atoms with Crippen LogP contribution in [0, 0.1) is 0 Å². The second-order valence-corrected chi connectivity index (χ2v) is 3.75. The van der Waals surface area contributed by atoms with Crippen LogP contribution in [0.25, 0.3) is 11.4 Å². The minimum Gasteiger partial charge on any atom is -0.368 e. The van der Waals surface area contributed by atoms with Gasteiger partial charge in [0.2, 0.25) is 5.88 Å². The largest absolute Gasteiger partial charge is 0.368 e. The Morgan fingerprint density at radius 3 is 2.53 bits per heavy atom. The van der Waals surface area contributed by atoms with E-state index in [0.717, 1.165) is 5.69 Å². The van der Waals surface area contributed by atoms with Crippen LogP contribution in [-0.4, -0.2) is 10.1 Å². The van der Waals surface area contributed by atoms with Crippen LogP contribution >= 0.6 is 0 Å². The fourth-order valence-electron chi connectivity index (χ4n) is 1.31. The highest BCUT2D eigenvalue weighted by atomic mass is 16.5. The standard InChI is InChI=1S/C11H13N3O/c1-7(2)8-3-4-9(13-6-8)10-5-11(12)15-14-10/h3-7H,12H2,1-2H3. The van der Waals surface area contributed by atoms with Crippen molar-refractivity contribution in [2.45, 2.75) is 19.8 Å². The predicted molar refractivity (Wildman–Crippen MR) is 58.2 cm³/mol. The molecule has 0 amide bonds. The maximum atomic E-state index is 5.44. The third-order valence-corrected chi connectivity index (χ3v) is 2.24. The lowest BCUT2D eigenvalue weighted by atomic mass is 10.1. The number of hydrogen-bond acceptors (Lipinski definition) is 4. The first-order valence-electron chi connectivity index (χ1n) is 4.85. The summed E-state index contributed by atoms with van der Waals surface area (Å²) in [7, 11) is 0. The van der Waals surface area contributed by atoms with Crippen LogP contribution < -0.4 is 5.73 Å². The number of aromatic nitrogens is 2. The molecule has 0 aliphatic carbocycles. The molecule has 0 radical (unpaired) electrons. The zero-order valence-corrected chi connectivity index (χ0v) is 8.77. The van der Waals surface area contributed by atoms with Gasteiger partial charge in [-0.3, -0.25) is 4.98 Å². The second kappa shape index (κ2) is 3.73. The van der Waals surface area contributed by atoms with Crippen molar-refractivity contribution in [3.8, 4) is 11.4 Å².